The molecule has 11 heteroatoms. The fourth-order valence-electron chi connectivity index (χ4n) is 1.70. The van der Waals surface area contributed by atoms with Crippen LogP contribution < -0.4 is 4.74 Å². The van der Waals surface area contributed by atoms with Crippen LogP contribution in [0, 0.1) is 30.3 Å². The van der Waals surface area contributed by atoms with Gasteiger partial charge in [-0.2, -0.15) is 0 Å². The van der Waals surface area contributed by atoms with E-state index in [1.54, 1.807) is 6.07 Å². The molecule has 2 rings (SSSR count). The number of halogens is 1. The molecule has 10 nitrogen and oxygen atoms in total. The minimum atomic E-state index is -1.01. The molecule has 0 saturated carbocycles. The van der Waals surface area contributed by atoms with Gasteiger partial charge in [0.15, 0.2) is 0 Å². The number of benzene rings is 2. The van der Waals surface area contributed by atoms with E-state index >= 15 is 0 Å². The molecule has 118 valence electrons. The highest BCUT2D eigenvalue weighted by Crippen LogP contribution is 2.43. The Bertz CT molecular complexity index is 789. The molecule has 23 heavy (non-hydrogen) atoms. The van der Waals surface area contributed by atoms with Gasteiger partial charge in [-0.1, -0.05) is 23.7 Å². The highest BCUT2D eigenvalue weighted by molar-refractivity contribution is 6.32. The lowest BCUT2D eigenvalue weighted by Crippen LogP contribution is -2.01. The summed E-state index contributed by atoms with van der Waals surface area (Å²) in [5.41, 5.74) is -2.62. The Kier molecular flexibility index (Phi) is 4.37. The van der Waals surface area contributed by atoms with Crippen molar-refractivity contribution in [2.45, 2.75) is 0 Å². The van der Waals surface area contributed by atoms with Crippen LogP contribution in [0.3, 0.4) is 0 Å². The van der Waals surface area contributed by atoms with E-state index in [9.17, 15) is 30.3 Å². The number of rotatable bonds is 5. The number of non-ortho nitro benzene ring substituents is 1. The van der Waals surface area contributed by atoms with Gasteiger partial charge < -0.3 is 4.74 Å². The third kappa shape index (κ3) is 3.32. The molecule has 2 aromatic rings. The van der Waals surface area contributed by atoms with Crippen LogP contribution in [0.15, 0.2) is 36.4 Å². The average molecular weight is 340 g/mol. The first-order valence-electron chi connectivity index (χ1n) is 5.85. The lowest BCUT2D eigenvalue weighted by molar-refractivity contribution is -0.404. The Balaban J connectivity index is 2.69. The second-order valence-electron chi connectivity index (χ2n) is 4.12. The first kappa shape index (κ1) is 16.1. The Morgan fingerprint density at radius 1 is 0.870 bits per heavy atom. The van der Waals surface area contributed by atoms with Crippen LogP contribution in [-0.2, 0) is 0 Å². The monoisotopic (exact) mass is 339 g/mol. The van der Waals surface area contributed by atoms with Gasteiger partial charge in [-0.05, 0) is 12.1 Å². The van der Waals surface area contributed by atoms with E-state index in [1.165, 1.54) is 18.2 Å². The SMILES string of the molecule is O=[N+]([O-])c1cc([N+](=O)[O-])c(Oc2ccccc2Cl)c([N+](=O)[O-])c1. The van der Waals surface area contributed by atoms with E-state index < -0.39 is 37.6 Å². The molecule has 0 aliphatic rings. The Morgan fingerprint density at radius 2 is 1.39 bits per heavy atom. The van der Waals surface area contributed by atoms with Crippen LogP contribution in [0.2, 0.25) is 5.02 Å². The predicted molar refractivity (Wildman–Crippen MR) is 77.9 cm³/mol. The summed E-state index contributed by atoms with van der Waals surface area (Å²) in [4.78, 5) is 30.0. The first-order chi connectivity index (χ1) is 10.8. The molecule has 0 amide bonds. The fraction of sp³-hybridized carbons (Fsp3) is 0. The zero-order chi connectivity index (χ0) is 17.1. The largest absolute Gasteiger partial charge is 0.443 e. The smallest absolute Gasteiger partial charge is 0.325 e. The molecule has 0 aliphatic heterocycles. The van der Waals surface area contributed by atoms with Gasteiger partial charge in [0, 0.05) is 0 Å². The molecule has 0 unspecified atom stereocenters. The number of para-hydroxylation sites is 1. The summed E-state index contributed by atoms with van der Waals surface area (Å²) >= 11 is 5.85. The summed E-state index contributed by atoms with van der Waals surface area (Å²) in [6.07, 6.45) is 0. The third-order valence-corrected chi connectivity index (χ3v) is 3.00. The van der Waals surface area contributed by atoms with E-state index in [1.807, 2.05) is 0 Å². The molecule has 0 N–H and O–H groups in total. The van der Waals surface area contributed by atoms with E-state index in [2.05, 4.69) is 0 Å². The van der Waals surface area contributed by atoms with Crippen molar-refractivity contribution in [3.05, 3.63) is 71.8 Å². The molecule has 2 aromatic carbocycles. The summed E-state index contributed by atoms with van der Waals surface area (Å²) < 4.78 is 5.19. The Labute approximate surface area is 132 Å². The van der Waals surface area contributed by atoms with E-state index in [0.29, 0.717) is 12.1 Å². The van der Waals surface area contributed by atoms with Gasteiger partial charge in [-0.15, -0.1) is 0 Å². The number of ether oxygens (including phenoxy) is 1. The Hall–Kier alpha value is -3.27. The summed E-state index contributed by atoms with van der Waals surface area (Å²) in [5.74, 6) is -0.798. The lowest BCUT2D eigenvalue weighted by atomic mass is 10.2. The highest BCUT2D eigenvalue weighted by Gasteiger charge is 2.32. The molecule has 0 fully saturated rings. The van der Waals surface area contributed by atoms with Crippen LogP contribution in [-0.4, -0.2) is 14.8 Å². The maximum Gasteiger partial charge on any atom is 0.325 e. The minimum absolute atomic E-state index is 0.0609. The maximum absolute atomic E-state index is 11.1. The summed E-state index contributed by atoms with van der Waals surface area (Å²) in [6, 6.07) is 6.99. The molecule has 0 heterocycles. The van der Waals surface area contributed by atoms with Crippen molar-refractivity contribution in [2.75, 3.05) is 0 Å². The predicted octanol–water partition coefficient (Wildman–Crippen LogP) is 3.86. The van der Waals surface area contributed by atoms with Crippen molar-refractivity contribution in [2.24, 2.45) is 0 Å². The molecule has 0 saturated heterocycles. The topological polar surface area (TPSA) is 139 Å². The second-order valence-corrected chi connectivity index (χ2v) is 4.52. The van der Waals surface area contributed by atoms with Gasteiger partial charge in [-0.3, -0.25) is 30.3 Å². The van der Waals surface area contributed by atoms with E-state index in [4.69, 9.17) is 16.3 Å². The maximum atomic E-state index is 11.1. The number of nitro benzene ring substituents is 3. The highest BCUT2D eigenvalue weighted by atomic mass is 35.5. The summed E-state index contributed by atoms with van der Waals surface area (Å²) in [5, 5.41) is 33.0. The van der Waals surface area contributed by atoms with Gasteiger partial charge >= 0.3 is 11.4 Å². The number of nitrogens with zero attached hydrogens (tertiary/aromatic N) is 3. The van der Waals surface area contributed by atoms with Gasteiger partial charge in [0.2, 0.25) is 0 Å². The minimum Gasteiger partial charge on any atom is -0.443 e. The number of nitro groups is 3. The zero-order valence-electron chi connectivity index (χ0n) is 11.0. The van der Waals surface area contributed by atoms with Crippen molar-refractivity contribution < 1.29 is 19.5 Å². The molecule has 0 atom stereocenters. The van der Waals surface area contributed by atoms with Crippen LogP contribution in [0.1, 0.15) is 0 Å². The van der Waals surface area contributed by atoms with Crippen LogP contribution >= 0.6 is 11.6 Å². The average Bonchev–Trinajstić information content (AvgIpc) is 2.48. The van der Waals surface area contributed by atoms with Crippen molar-refractivity contribution in [1.29, 1.82) is 0 Å². The standard InChI is InChI=1S/C12H6ClN3O7/c13-8-3-1-2-4-11(8)23-12-9(15(19)20)5-7(14(17)18)6-10(12)16(21)22/h1-6H. The molecule has 0 radical (unpaired) electrons. The van der Waals surface area contributed by atoms with Crippen molar-refractivity contribution in [3.63, 3.8) is 0 Å². The number of hydrogen-bond acceptors (Lipinski definition) is 7. The van der Waals surface area contributed by atoms with Crippen molar-refractivity contribution >= 4 is 28.7 Å². The van der Waals surface area contributed by atoms with E-state index in [0.717, 1.165) is 0 Å². The fourth-order valence-corrected chi connectivity index (χ4v) is 1.88. The molecule has 0 spiro atoms. The van der Waals surface area contributed by atoms with Gasteiger partial charge in [0.1, 0.15) is 5.75 Å². The van der Waals surface area contributed by atoms with Gasteiger partial charge in [-0.25, -0.2) is 0 Å². The molecule has 0 aliphatic carbocycles. The summed E-state index contributed by atoms with van der Waals surface area (Å²) in [7, 11) is 0. The first-order valence-corrected chi connectivity index (χ1v) is 6.22. The van der Waals surface area contributed by atoms with E-state index in [-0.39, 0.29) is 10.8 Å². The van der Waals surface area contributed by atoms with Crippen LogP contribution in [0.4, 0.5) is 17.1 Å². The normalized spacial score (nSPS) is 10.1. The third-order valence-electron chi connectivity index (χ3n) is 2.69. The molecule has 0 bridgehead atoms. The number of hydrogen-bond donors (Lipinski definition) is 0. The zero-order valence-corrected chi connectivity index (χ0v) is 11.8. The van der Waals surface area contributed by atoms with Gasteiger partial charge in [0.25, 0.3) is 11.4 Å². The lowest BCUT2D eigenvalue weighted by Gasteiger charge is -2.08. The van der Waals surface area contributed by atoms with Crippen molar-refractivity contribution in [1.82, 2.24) is 0 Å². The van der Waals surface area contributed by atoms with Crippen LogP contribution in [0.5, 0.6) is 11.5 Å². The second kappa shape index (κ2) is 6.23. The van der Waals surface area contributed by atoms with Crippen LogP contribution in [0.25, 0.3) is 0 Å². The Morgan fingerprint density at radius 3 is 1.83 bits per heavy atom. The molecule has 0 aromatic heterocycles. The van der Waals surface area contributed by atoms with Crippen molar-refractivity contribution in [3.8, 4) is 11.5 Å². The van der Waals surface area contributed by atoms with Gasteiger partial charge in [0.05, 0.1) is 31.9 Å². The quantitative estimate of drug-likeness (QED) is 0.595. The molecular weight excluding hydrogens is 334 g/mol. The molecular formula is C12H6ClN3O7. The summed E-state index contributed by atoms with van der Waals surface area (Å²) in [6.45, 7) is 0.